The molecular formula is C9H11BrN2O3S. The van der Waals surface area contributed by atoms with Gasteiger partial charge in [-0.25, -0.2) is 13.6 Å². The smallest absolute Gasteiger partial charge is 0.238 e. The van der Waals surface area contributed by atoms with Gasteiger partial charge in [-0.2, -0.15) is 0 Å². The van der Waals surface area contributed by atoms with E-state index in [1.165, 1.54) is 18.2 Å². The molecule has 1 aromatic carbocycles. The van der Waals surface area contributed by atoms with Crippen LogP contribution < -0.4 is 10.5 Å². The predicted octanol–water partition coefficient (Wildman–Crippen LogP) is 1.06. The number of nitrogens with one attached hydrogen (secondary N) is 1. The molecule has 5 nitrogen and oxygen atoms in total. The Morgan fingerprint density at radius 1 is 1.50 bits per heavy atom. The molecule has 1 unspecified atom stereocenters. The van der Waals surface area contributed by atoms with Crippen LogP contribution in [0.4, 0.5) is 5.69 Å². The lowest BCUT2D eigenvalue weighted by atomic mass is 10.3. The number of primary sulfonamides is 1. The topological polar surface area (TPSA) is 89.3 Å². The molecule has 0 saturated carbocycles. The maximum atomic E-state index is 11.3. The molecular weight excluding hydrogens is 296 g/mol. The standard InChI is InChI=1S/C9H11BrN2O3S/c1-6(10)9(13)12-7-3-2-4-8(5-7)16(11,14)15/h2-6H,1H3,(H,12,13)(H2,11,14,15). The van der Waals surface area contributed by atoms with Crippen LogP contribution in [0.25, 0.3) is 0 Å². The molecule has 1 rings (SSSR count). The molecule has 88 valence electrons. The Bertz CT molecular complexity index is 499. The van der Waals surface area contributed by atoms with Gasteiger partial charge >= 0.3 is 0 Å². The van der Waals surface area contributed by atoms with E-state index in [4.69, 9.17) is 5.14 Å². The van der Waals surface area contributed by atoms with Gasteiger partial charge < -0.3 is 5.32 Å². The first-order valence-electron chi connectivity index (χ1n) is 4.38. The fraction of sp³-hybridized carbons (Fsp3) is 0.222. The number of rotatable bonds is 3. The first-order valence-corrected chi connectivity index (χ1v) is 6.84. The fourth-order valence-electron chi connectivity index (χ4n) is 0.993. The lowest BCUT2D eigenvalue weighted by molar-refractivity contribution is -0.115. The van der Waals surface area contributed by atoms with Gasteiger partial charge in [0.1, 0.15) is 0 Å². The molecule has 0 aliphatic carbocycles. The van der Waals surface area contributed by atoms with Crippen molar-refractivity contribution in [1.82, 2.24) is 0 Å². The first kappa shape index (κ1) is 13.1. The lowest BCUT2D eigenvalue weighted by Gasteiger charge is -2.07. The zero-order valence-corrected chi connectivity index (χ0v) is 10.9. The second-order valence-electron chi connectivity index (χ2n) is 3.18. The third-order valence-corrected chi connectivity index (χ3v) is 3.12. The predicted molar refractivity (Wildman–Crippen MR) is 64.8 cm³/mol. The Morgan fingerprint density at radius 2 is 2.12 bits per heavy atom. The molecule has 1 amide bonds. The first-order chi connectivity index (χ1) is 7.30. The average Bonchev–Trinajstić information content (AvgIpc) is 2.16. The minimum absolute atomic E-state index is 0.0347. The average molecular weight is 307 g/mol. The van der Waals surface area contributed by atoms with Crippen LogP contribution in [0.1, 0.15) is 6.92 Å². The van der Waals surface area contributed by atoms with E-state index >= 15 is 0 Å². The van der Waals surface area contributed by atoms with E-state index in [0.29, 0.717) is 5.69 Å². The van der Waals surface area contributed by atoms with Crippen molar-refractivity contribution < 1.29 is 13.2 Å². The molecule has 7 heteroatoms. The second-order valence-corrected chi connectivity index (χ2v) is 6.11. The van der Waals surface area contributed by atoms with Gasteiger partial charge in [-0.1, -0.05) is 22.0 Å². The van der Waals surface area contributed by atoms with Crippen LogP contribution in [0.5, 0.6) is 0 Å². The lowest BCUT2D eigenvalue weighted by Crippen LogP contribution is -2.20. The number of amides is 1. The molecule has 0 aromatic heterocycles. The van der Waals surface area contributed by atoms with Gasteiger partial charge in [-0.3, -0.25) is 4.79 Å². The highest BCUT2D eigenvalue weighted by molar-refractivity contribution is 9.10. The van der Waals surface area contributed by atoms with E-state index in [0.717, 1.165) is 0 Å². The van der Waals surface area contributed by atoms with Crippen molar-refractivity contribution in [1.29, 1.82) is 0 Å². The van der Waals surface area contributed by atoms with Gasteiger partial charge in [0.05, 0.1) is 9.72 Å². The van der Waals surface area contributed by atoms with Crippen LogP contribution in [0.15, 0.2) is 29.2 Å². The summed E-state index contributed by atoms with van der Waals surface area (Å²) in [5.74, 6) is -0.258. The number of nitrogens with two attached hydrogens (primary N) is 1. The Balaban J connectivity index is 2.96. The number of halogens is 1. The highest BCUT2D eigenvalue weighted by Gasteiger charge is 2.11. The van der Waals surface area contributed by atoms with E-state index < -0.39 is 10.0 Å². The number of carbonyl (C=O) groups excluding carboxylic acids is 1. The van der Waals surface area contributed by atoms with Crippen LogP contribution in [0.2, 0.25) is 0 Å². The minimum atomic E-state index is -3.74. The third kappa shape index (κ3) is 3.58. The molecule has 0 heterocycles. The maximum absolute atomic E-state index is 11.3. The van der Waals surface area contributed by atoms with Crippen molar-refractivity contribution in [2.45, 2.75) is 16.6 Å². The van der Waals surface area contributed by atoms with E-state index in [9.17, 15) is 13.2 Å². The van der Waals surface area contributed by atoms with Gasteiger partial charge in [0.15, 0.2) is 0 Å². The molecule has 1 aromatic rings. The zero-order valence-electron chi connectivity index (χ0n) is 8.48. The van der Waals surface area contributed by atoms with Crippen LogP contribution in [-0.4, -0.2) is 19.2 Å². The monoisotopic (exact) mass is 306 g/mol. The molecule has 0 spiro atoms. The van der Waals surface area contributed by atoms with E-state index in [1.54, 1.807) is 13.0 Å². The normalized spacial score (nSPS) is 13.2. The second kappa shape index (κ2) is 4.94. The summed E-state index contributed by atoms with van der Waals surface area (Å²) in [7, 11) is -3.74. The highest BCUT2D eigenvalue weighted by Crippen LogP contribution is 2.15. The molecule has 1 atom stereocenters. The Labute approximate surface area is 102 Å². The van der Waals surface area contributed by atoms with Gasteiger partial charge in [-0.05, 0) is 25.1 Å². The summed E-state index contributed by atoms with van der Waals surface area (Å²) in [6, 6.07) is 5.77. The van der Waals surface area contributed by atoms with Gasteiger partial charge in [-0.15, -0.1) is 0 Å². The number of hydrogen-bond donors (Lipinski definition) is 2. The van der Waals surface area contributed by atoms with Gasteiger partial charge in [0.25, 0.3) is 0 Å². The number of benzene rings is 1. The Morgan fingerprint density at radius 3 is 2.62 bits per heavy atom. The summed E-state index contributed by atoms with van der Waals surface area (Å²) >= 11 is 3.10. The largest absolute Gasteiger partial charge is 0.325 e. The maximum Gasteiger partial charge on any atom is 0.238 e. The molecule has 0 radical (unpaired) electrons. The Hall–Kier alpha value is -0.920. The number of anilines is 1. The SMILES string of the molecule is CC(Br)C(=O)Nc1cccc(S(N)(=O)=O)c1. The van der Waals surface area contributed by atoms with E-state index in [2.05, 4.69) is 21.2 Å². The molecule has 0 fully saturated rings. The van der Waals surface area contributed by atoms with Crippen LogP contribution >= 0.6 is 15.9 Å². The summed E-state index contributed by atoms with van der Waals surface area (Å²) in [5, 5.41) is 7.51. The number of sulfonamides is 1. The fourth-order valence-corrected chi connectivity index (χ4v) is 1.67. The van der Waals surface area contributed by atoms with Crippen molar-refractivity contribution in [3.05, 3.63) is 24.3 Å². The third-order valence-electron chi connectivity index (χ3n) is 1.79. The summed E-state index contributed by atoms with van der Waals surface area (Å²) in [6.07, 6.45) is 0. The Kier molecular flexibility index (Phi) is 4.06. The van der Waals surface area contributed by atoms with Crippen molar-refractivity contribution in [2.24, 2.45) is 5.14 Å². The molecule has 3 N–H and O–H groups in total. The van der Waals surface area contributed by atoms with Crippen LogP contribution in [0, 0.1) is 0 Å². The van der Waals surface area contributed by atoms with Gasteiger partial charge in [0, 0.05) is 5.69 Å². The van der Waals surface area contributed by atoms with Gasteiger partial charge in [0.2, 0.25) is 15.9 Å². The zero-order chi connectivity index (χ0) is 12.3. The van der Waals surface area contributed by atoms with Crippen LogP contribution in [-0.2, 0) is 14.8 Å². The molecule has 0 saturated heterocycles. The molecule has 0 aliphatic rings. The van der Waals surface area contributed by atoms with Crippen LogP contribution in [0.3, 0.4) is 0 Å². The quantitative estimate of drug-likeness (QED) is 0.818. The van der Waals surface area contributed by atoms with Crippen molar-refractivity contribution in [3.8, 4) is 0 Å². The number of carbonyl (C=O) groups is 1. The van der Waals surface area contributed by atoms with E-state index in [1.807, 2.05) is 0 Å². The van der Waals surface area contributed by atoms with Crippen molar-refractivity contribution >= 4 is 37.5 Å². The van der Waals surface area contributed by atoms with E-state index in [-0.39, 0.29) is 15.6 Å². The molecule has 0 aliphatic heterocycles. The molecule has 0 bridgehead atoms. The number of alkyl halides is 1. The number of hydrogen-bond acceptors (Lipinski definition) is 3. The van der Waals surface area contributed by atoms with Crippen molar-refractivity contribution in [3.63, 3.8) is 0 Å². The molecule has 16 heavy (non-hydrogen) atoms. The summed E-state index contributed by atoms with van der Waals surface area (Å²) in [5.41, 5.74) is 0.392. The minimum Gasteiger partial charge on any atom is -0.325 e. The summed E-state index contributed by atoms with van der Waals surface area (Å²) in [6.45, 7) is 1.67. The summed E-state index contributed by atoms with van der Waals surface area (Å²) < 4.78 is 22.1. The van der Waals surface area contributed by atoms with Crippen molar-refractivity contribution in [2.75, 3.05) is 5.32 Å². The summed E-state index contributed by atoms with van der Waals surface area (Å²) in [4.78, 5) is 10.9. The highest BCUT2D eigenvalue weighted by atomic mass is 79.9.